The Labute approximate surface area is 188 Å². The molecule has 0 radical (unpaired) electrons. The second-order valence-corrected chi connectivity index (χ2v) is 6.78. The summed E-state index contributed by atoms with van der Waals surface area (Å²) in [5.41, 5.74) is 0.0955. The largest absolute Gasteiger partial charge is 0.506 e. The Morgan fingerprint density at radius 3 is 2.41 bits per heavy atom. The summed E-state index contributed by atoms with van der Waals surface area (Å²) in [5.74, 6) is 0.164. The van der Waals surface area contributed by atoms with E-state index < -0.39 is 10.8 Å². The lowest BCUT2D eigenvalue weighted by molar-refractivity contribution is -0.384. The van der Waals surface area contributed by atoms with E-state index in [0.29, 0.717) is 18.1 Å². The quantitative estimate of drug-likeness (QED) is 0.154. The van der Waals surface area contributed by atoms with Gasteiger partial charge in [0.05, 0.1) is 22.2 Å². The second-order valence-electron chi connectivity index (χ2n) is 6.37. The molecular formula is C22H19N3O6S. The number of non-ortho nitro benzene ring substituents is 1. The molecule has 0 unspecified atom stereocenters. The number of rotatable bonds is 8. The first kappa shape index (κ1) is 22.5. The number of thiocarbonyl (C=S) groups is 1. The Morgan fingerprint density at radius 1 is 1.00 bits per heavy atom. The van der Waals surface area contributed by atoms with Crippen LogP contribution in [-0.4, -0.2) is 34.3 Å². The van der Waals surface area contributed by atoms with E-state index in [1.54, 1.807) is 24.3 Å². The zero-order valence-electron chi connectivity index (χ0n) is 16.7. The zero-order chi connectivity index (χ0) is 22.9. The maximum absolute atomic E-state index is 12.6. The standard InChI is InChI=1S/C22H19N3O6S/c26-19-14-15(25(28)29)10-11-18(19)23-22(32)24-21(27)17-8-4-5-9-20(17)31-13-12-30-16-6-2-1-3-7-16/h1-11,14,26H,12-13H2,(H2,23,24,27,32). The minimum Gasteiger partial charge on any atom is -0.506 e. The minimum absolute atomic E-state index is 0.0960. The molecule has 0 spiro atoms. The van der Waals surface area contributed by atoms with Crippen molar-refractivity contribution in [3.05, 3.63) is 88.5 Å². The fraction of sp³-hybridized carbons (Fsp3) is 0.0909. The summed E-state index contributed by atoms with van der Waals surface area (Å²) in [4.78, 5) is 22.8. The molecular weight excluding hydrogens is 434 g/mol. The van der Waals surface area contributed by atoms with E-state index in [1.807, 2.05) is 30.3 Å². The number of ether oxygens (including phenoxy) is 2. The van der Waals surface area contributed by atoms with Crippen molar-refractivity contribution in [2.45, 2.75) is 0 Å². The Balaban J connectivity index is 1.56. The molecule has 3 rings (SSSR count). The van der Waals surface area contributed by atoms with E-state index in [0.717, 1.165) is 6.07 Å². The Kier molecular flexibility index (Phi) is 7.55. The van der Waals surface area contributed by atoms with Crippen LogP contribution in [0.15, 0.2) is 72.8 Å². The average Bonchev–Trinajstić information content (AvgIpc) is 2.79. The number of phenolic OH excluding ortho intramolecular Hbond substituents is 1. The van der Waals surface area contributed by atoms with Gasteiger partial charge < -0.3 is 19.9 Å². The van der Waals surface area contributed by atoms with Gasteiger partial charge in [-0.3, -0.25) is 20.2 Å². The SMILES string of the molecule is O=C(NC(=S)Nc1ccc([N+](=O)[O-])cc1O)c1ccccc1OCCOc1ccccc1. The van der Waals surface area contributed by atoms with E-state index in [4.69, 9.17) is 21.7 Å². The summed E-state index contributed by atoms with van der Waals surface area (Å²) in [5, 5.41) is 25.7. The fourth-order valence-electron chi connectivity index (χ4n) is 2.67. The number of nitrogens with zero attached hydrogens (tertiary/aromatic N) is 1. The highest BCUT2D eigenvalue weighted by atomic mass is 32.1. The van der Waals surface area contributed by atoms with Gasteiger partial charge in [-0.1, -0.05) is 30.3 Å². The van der Waals surface area contributed by atoms with Crippen molar-refractivity contribution in [3.63, 3.8) is 0 Å². The molecule has 3 aromatic rings. The Bertz CT molecular complexity index is 1120. The first-order valence-corrected chi connectivity index (χ1v) is 9.84. The predicted molar refractivity (Wildman–Crippen MR) is 122 cm³/mol. The van der Waals surface area contributed by atoms with Crippen molar-refractivity contribution in [1.29, 1.82) is 0 Å². The molecule has 10 heteroatoms. The van der Waals surface area contributed by atoms with Gasteiger partial charge in [0.25, 0.3) is 11.6 Å². The number of hydrogen-bond acceptors (Lipinski definition) is 7. The van der Waals surface area contributed by atoms with E-state index in [9.17, 15) is 20.0 Å². The van der Waals surface area contributed by atoms with Gasteiger partial charge in [0.1, 0.15) is 30.5 Å². The van der Waals surface area contributed by atoms with Crippen LogP contribution < -0.4 is 20.1 Å². The topological polar surface area (TPSA) is 123 Å². The van der Waals surface area contributed by atoms with E-state index in [1.165, 1.54) is 12.1 Å². The number of carbonyl (C=O) groups is 1. The van der Waals surface area contributed by atoms with Crippen molar-refractivity contribution < 1.29 is 24.3 Å². The van der Waals surface area contributed by atoms with Crippen LogP contribution in [0.2, 0.25) is 0 Å². The molecule has 0 aromatic heterocycles. The van der Waals surface area contributed by atoms with Gasteiger partial charge >= 0.3 is 0 Å². The molecule has 0 saturated heterocycles. The number of phenols is 1. The van der Waals surface area contributed by atoms with Crippen LogP contribution in [0.3, 0.4) is 0 Å². The number of nitro benzene ring substituents is 1. The first-order valence-electron chi connectivity index (χ1n) is 9.43. The van der Waals surface area contributed by atoms with Crippen LogP contribution in [0.25, 0.3) is 0 Å². The molecule has 0 bridgehead atoms. The fourth-order valence-corrected chi connectivity index (χ4v) is 2.87. The number of amides is 1. The summed E-state index contributed by atoms with van der Waals surface area (Å²) < 4.78 is 11.3. The molecule has 0 atom stereocenters. The van der Waals surface area contributed by atoms with Gasteiger partial charge in [0.2, 0.25) is 0 Å². The highest BCUT2D eigenvalue weighted by Gasteiger charge is 2.15. The number of para-hydroxylation sites is 2. The summed E-state index contributed by atoms with van der Waals surface area (Å²) in [6.45, 7) is 0.512. The van der Waals surface area contributed by atoms with Crippen LogP contribution in [0.4, 0.5) is 11.4 Å². The number of carbonyl (C=O) groups excluding carboxylic acids is 1. The number of anilines is 1. The molecule has 32 heavy (non-hydrogen) atoms. The minimum atomic E-state index is -0.634. The maximum Gasteiger partial charge on any atom is 0.273 e. The monoisotopic (exact) mass is 453 g/mol. The summed E-state index contributed by atoms with van der Waals surface area (Å²) in [6, 6.07) is 19.4. The van der Waals surface area contributed by atoms with E-state index in [-0.39, 0.29) is 34.4 Å². The average molecular weight is 453 g/mol. The van der Waals surface area contributed by atoms with Gasteiger partial charge in [-0.15, -0.1) is 0 Å². The van der Waals surface area contributed by atoms with Crippen molar-refractivity contribution in [2.75, 3.05) is 18.5 Å². The van der Waals surface area contributed by atoms with E-state index in [2.05, 4.69) is 10.6 Å². The lowest BCUT2D eigenvalue weighted by atomic mass is 10.2. The predicted octanol–water partition coefficient (Wildman–Crippen LogP) is 3.89. The van der Waals surface area contributed by atoms with Gasteiger partial charge in [0, 0.05) is 6.07 Å². The normalized spacial score (nSPS) is 10.1. The zero-order valence-corrected chi connectivity index (χ0v) is 17.5. The molecule has 0 saturated carbocycles. The van der Waals surface area contributed by atoms with Crippen molar-refractivity contribution in [1.82, 2.24) is 5.32 Å². The Hall–Kier alpha value is -4.18. The van der Waals surface area contributed by atoms with Crippen molar-refractivity contribution in [2.24, 2.45) is 0 Å². The van der Waals surface area contributed by atoms with Crippen LogP contribution in [0, 0.1) is 10.1 Å². The van der Waals surface area contributed by atoms with Gasteiger partial charge in [-0.25, -0.2) is 0 Å². The van der Waals surface area contributed by atoms with Crippen LogP contribution >= 0.6 is 12.2 Å². The second kappa shape index (κ2) is 10.7. The van der Waals surface area contributed by atoms with Crippen LogP contribution in [0.5, 0.6) is 17.2 Å². The molecule has 3 N–H and O–H groups in total. The highest BCUT2D eigenvalue weighted by molar-refractivity contribution is 7.80. The number of nitro groups is 1. The summed E-state index contributed by atoms with van der Waals surface area (Å²) >= 11 is 5.11. The lowest BCUT2D eigenvalue weighted by Gasteiger charge is -2.14. The molecule has 164 valence electrons. The third-order valence-electron chi connectivity index (χ3n) is 4.15. The number of benzene rings is 3. The molecule has 1 amide bonds. The molecule has 3 aromatic carbocycles. The molecule has 0 fully saturated rings. The summed E-state index contributed by atoms with van der Waals surface area (Å²) in [7, 11) is 0. The van der Waals surface area contributed by atoms with Gasteiger partial charge in [0.15, 0.2) is 5.11 Å². The number of nitrogens with one attached hydrogen (secondary N) is 2. The van der Waals surface area contributed by atoms with Crippen LogP contribution in [-0.2, 0) is 0 Å². The molecule has 0 aliphatic carbocycles. The number of hydrogen-bond donors (Lipinski definition) is 3. The molecule has 0 aliphatic heterocycles. The molecule has 0 aliphatic rings. The first-order chi connectivity index (χ1) is 15.4. The molecule has 9 nitrogen and oxygen atoms in total. The van der Waals surface area contributed by atoms with E-state index >= 15 is 0 Å². The van der Waals surface area contributed by atoms with Crippen LogP contribution in [0.1, 0.15) is 10.4 Å². The lowest BCUT2D eigenvalue weighted by Crippen LogP contribution is -2.34. The van der Waals surface area contributed by atoms with Gasteiger partial charge in [-0.2, -0.15) is 0 Å². The van der Waals surface area contributed by atoms with Crippen molar-refractivity contribution in [3.8, 4) is 17.2 Å². The maximum atomic E-state index is 12.6. The molecule has 0 heterocycles. The third kappa shape index (κ3) is 6.16. The smallest absolute Gasteiger partial charge is 0.273 e. The highest BCUT2D eigenvalue weighted by Crippen LogP contribution is 2.27. The Morgan fingerprint density at radius 2 is 1.69 bits per heavy atom. The number of aromatic hydroxyl groups is 1. The summed E-state index contributed by atoms with van der Waals surface area (Å²) in [6.07, 6.45) is 0. The van der Waals surface area contributed by atoms with Gasteiger partial charge in [-0.05, 0) is 42.5 Å². The third-order valence-corrected chi connectivity index (χ3v) is 4.36. The van der Waals surface area contributed by atoms with Crippen molar-refractivity contribution >= 4 is 34.6 Å².